The van der Waals surface area contributed by atoms with Crippen LogP contribution in [0.5, 0.6) is 0 Å². The van der Waals surface area contributed by atoms with Gasteiger partial charge in [0.15, 0.2) is 0 Å². The van der Waals surface area contributed by atoms with E-state index in [1.165, 1.54) is 57.8 Å². The lowest BCUT2D eigenvalue weighted by molar-refractivity contribution is -0.355. The zero-order valence-electron chi connectivity index (χ0n) is 16.2. The SMILES string of the molecule is CCCCC(CCCCCCCCC(OC)(OC)OC)OCC. The van der Waals surface area contributed by atoms with E-state index in [9.17, 15) is 0 Å². The topological polar surface area (TPSA) is 36.9 Å². The standard InChI is InChI=1S/C19H40O4/c1-6-8-15-18(23-7-2)16-13-11-9-10-12-14-17-19(20-3,21-4)22-5/h18H,6-17H2,1-5H3. The van der Waals surface area contributed by atoms with Crippen molar-refractivity contribution in [2.24, 2.45) is 0 Å². The van der Waals surface area contributed by atoms with Crippen molar-refractivity contribution >= 4 is 0 Å². The quantitative estimate of drug-likeness (QED) is 0.268. The van der Waals surface area contributed by atoms with Crippen molar-refractivity contribution in [3.63, 3.8) is 0 Å². The van der Waals surface area contributed by atoms with Crippen LogP contribution >= 0.6 is 0 Å². The predicted octanol–water partition coefficient (Wildman–Crippen LogP) is 5.30. The Bertz CT molecular complexity index is 233. The van der Waals surface area contributed by atoms with Gasteiger partial charge < -0.3 is 18.9 Å². The molecule has 0 fully saturated rings. The molecule has 0 rings (SSSR count). The van der Waals surface area contributed by atoms with Crippen LogP contribution in [0.1, 0.15) is 84.5 Å². The summed E-state index contributed by atoms with van der Waals surface area (Å²) in [6.07, 6.45) is 13.6. The summed E-state index contributed by atoms with van der Waals surface area (Å²) >= 11 is 0. The molecule has 0 saturated carbocycles. The van der Waals surface area contributed by atoms with Crippen LogP contribution in [0.3, 0.4) is 0 Å². The molecule has 0 heterocycles. The van der Waals surface area contributed by atoms with E-state index in [0.29, 0.717) is 6.10 Å². The van der Waals surface area contributed by atoms with Crippen molar-refractivity contribution in [3.05, 3.63) is 0 Å². The van der Waals surface area contributed by atoms with E-state index in [1.54, 1.807) is 21.3 Å². The summed E-state index contributed by atoms with van der Waals surface area (Å²) in [6, 6.07) is 0. The molecule has 0 aromatic rings. The van der Waals surface area contributed by atoms with Gasteiger partial charge in [0, 0.05) is 34.4 Å². The molecule has 1 unspecified atom stereocenters. The van der Waals surface area contributed by atoms with E-state index >= 15 is 0 Å². The first-order valence-electron chi connectivity index (χ1n) is 9.45. The van der Waals surface area contributed by atoms with Crippen molar-refractivity contribution < 1.29 is 18.9 Å². The zero-order valence-corrected chi connectivity index (χ0v) is 16.2. The summed E-state index contributed by atoms with van der Waals surface area (Å²) in [5.41, 5.74) is 0. The minimum absolute atomic E-state index is 0.477. The third-order valence-electron chi connectivity index (χ3n) is 4.47. The Morgan fingerprint density at radius 1 is 0.696 bits per heavy atom. The van der Waals surface area contributed by atoms with Gasteiger partial charge >= 0.3 is 0 Å². The van der Waals surface area contributed by atoms with Crippen LogP contribution in [0.2, 0.25) is 0 Å². The monoisotopic (exact) mass is 332 g/mol. The fourth-order valence-electron chi connectivity index (χ4n) is 2.96. The summed E-state index contributed by atoms with van der Waals surface area (Å²) in [5, 5.41) is 0. The van der Waals surface area contributed by atoms with Crippen LogP contribution in [0, 0.1) is 0 Å². The van der Waals surface area contributed by atoms with Gasteiger partial charge in [-0.25, -0.2) is 0 Å². The molecular formula is C19H40O4. The second kappa shape index (κ2) is 15.4. The molecule has 0 aliphatic heterocycles. The number of unbranched alkanes of at least 4 members (excludes halogenated alkanes) is 6. The predicted molar refractivity (Wildman–Crippen MR) is 95.6 cm³/mol. The van der Waals surface area contributed by atoms with Crippen LogP contribution in [0.25, 0.3) is 0 Å². The zero-order chi connectivity index (χ0) is 17.4. The number of rotatable bonds is 17. The molecule has 0 aliphatic carbocycles. The van der Waals surface area contributed by atoms with Crippen LogP contribution in [0.15, 0.2) is 0 Å². The second-order valence-electron chi connectivity index (χ2n) is 6.17. The molecule has 0 radical (unpaired) electrons. The largest absolute Gasteiger partial charge is 0.379 e. The molecule has 0 spiro atoms. The lowest BCUT2D eigenvalue weighted by Gasteiger charge is -2.28. The van der Waals surface area contributed by atoms with Gasteiger partial charge in [0.05, 0.1) is 6.10 Å². The Kier molecular flexibility index (Phi) is 15.3. The summed E-state index contributed by atoms with van der Waals surface area (Å²) in [7, 11) is 4.88. The van der Waals surface area contributed by atoms with Crippen molar-refractivity contribution in [2.45, 2.75) is 96.6 Å². The van der Waals surface area contributed by atoms with Crippen molar-refractivity contribution in [1.29, 1.82) is 0 Å². The first-order chi connectivity index (χ1) is 11.2. The van der Waals surface area contributed by atoms with Gasteiger partial charge in [-0.3, -0.25) is 0 Å². The maximum atomic E-state index is 5.82. The maximum Gasteiger partial charge on any atom is 0.282 e. The smallest absolute Gasteiger partial charge is 0.282 e. The Balaban J connectivity index is 3.61. The molecule has 1 atom stereocenters. The number of methoxy groups -OCH3 is 3. The van der Waals surface area contributed by atoms with E-state index < -0.39 is 5.97 Å². The third-order valence-corrected chi connectivity index (χ3v) is 4.47. The maximum absolute atomic E-state index is 5.82. The number of ether oxygens (including phenoxy) is 4. The molecule has 0 aliphatic rings. The van der Waals surface area contributed by atoms with Gasteiger partial charge in [-0.1, -0.05) is 51.9 Å². The summed E-state index contributed by atoms with van der Waals surface area (Å²) in [4.78, 5) is 0. The van der Waals surface area contributed by atoms with E-state index in [4.69, 9.17) is 18.9 Å². The molecule has 4 heteroatoms. The van der Waals surface area contributed by atoms with Crippen LogP contribution < -0.4 is 0 Å². The van der Waals surface area contributed by atoms with Gasteiger partial charge in [0.1, 0.15) is 0 Å². The van der Waals surface area contributed by atoms with Gasteiger partial charge in [-0.05, 0) is 26.2 Å². The molecule has 0 bridgehead atoms. The van der Waals surface area contributed by atoms with E-state index in [1.807, 2.05) is 0 Å². The first-order valence-corrected chi connectivity index (χ1v) is 9.45. The Morgan fingerprint density at radius 2 is 1.22 bits per heavy atom. The lowest BCUT2D eigenvalue weighted by Crippen LogP contribution is -2.35. The molecule has 23 heavy (non-hydrogen) atoms. The second-order valence-corrected chi connectivity index (χ2v) is 6.17. The van der Waals surface area contributed by atoms with Gasteiger partial charge in [0.2, 0.25) is 0 Å². The highest BCUT2D eigenvalue weighted by Gasteiger charge is 2.28. The first kappa shape index (κ1) is 22.8. The molecule has 0 saturated heterocycles. The molecule has 0 N–H and O–H groups in total. The highest BCUT2D eigenvalue weighted by molar-refractivity contribution is 4.60. The average Bonchev–Trinajstić information content (AvgIpc) is 2.59. The van der Waals surface area contributed by atoms with Crippen molar-refractivity contribution in [3.8, 4) is 0 Å². The lowest BCUT2D eigenvalue weighted by atomic mass is 10.0. The van der Waals surface area contributed by atoms with Crippen LogP contribution in [0.4, 0.5) is 0 Å². The van der Waals surface area contributed by atoms with Crippen LogP contribution in [-0.4, -0.2) is 40.0 Å². The number of hydrogen-bond donors (Lipinski definition) is 0. The minimum Gasteiger partial charge on any atom is -0.379 e. The molecule has 0 amide bonds. The fourth-order valence-corrected chi connectivity index (χ4v) is 2.96. The summed E-state index contributed by atoms with van der Waals surface area (Å²) in [5.74, 6) is -0.857. The van der Waals surface area contributed by atoms with E-state index in [-0.39, 0.29) is 0 Å². The number of hydrogen-bond acceptors (Lipinski definition) is 4. The minimum atomic E-state index is -0.857. The highest BCUT2D eigenvalue weighted by Crippen LogP contribution is 2.21. The molecule has 140 valence electrons. The van der Waals surface area contributed by atoms with E-state index in [2.05, 4.69) is 13.8 Å². The molecular weight excluding hydrogens is 292 g/mol. The average molecular weight is 333 g/mol. The molecule has 0 aromatic carbocycles. The van der Waals surface area contributed by atoms with Crippen LogP contribution in [-0.2, 0) is 18.9 Å². The fraction of sp³-hybridized carbons (Fsp3) is 1.00. The highest BCUT2D eigenvalue weighted by atomic mass is 16.9. The normalized spacial score (nSPS) is 13.4. The summed E-state index contributed by atoms with van der Waals surface area (Å²) in [6.45, 7) is 5.18. The van der Waals surface area contributed by atoms with Gasteiger partial charge in [-0.15, -0.1) is 0 Å². The Morgan fingerprint density at radius 3 is 1.74 bits per heavy atom. The van der Waals surface area contributed by atoms with E-state index in [0.717, 1.165) is 19.4 Å². The third kappa shape index (κ3) is 11.1. The Labute approximate surface area is 144 Å². The van der Waals surface area contributed by atoms with Gasteiger partial charge in [-0.2, -0.15) is 0 Å². The summed E-state index contributed by atoms with van der Waals surface area (Å²) < 4.78 is 21.7. The Hall–Kier alpha value is -0.160. The van der Waals surface area contributed by atoms with Crippen molar-refractivity contribution in [2.75, 3.05) is 27.9 Å². The molecule has 0 aromatic heterocycles. The van der Waals surface area contributed by atoms with Gasteiger partial charge in [0.25, 0.3) is 5.97 Å². The molecule has 4 nitrogen and oxygen atoms in total. The van der Waals surface area contributed by atoms with Crippen molar-refractivity contribution in [1.82, 2.24) is 0 Å².